The smallest absolute Gasteiger partial charge is 0.186 e. The van der Waals surface area contributed by atoms with Gasteiger partial charge in [-0.3, -0.25) is 0 Å². The van der Waals surface area contributed by atoms with Gasteiger partial charge < -0.3 is 0 Å². The molecule has 0 radical (unpaired) electrons. The molecule has 0 atom stereocenters. The molecule has 5 heteroatoms. The van der Waals surface area contributed by atoms with Crippen LogP contribution in [0.3, 0.4) is 0 Å². The van der Waals surface area contributed by atoms with Crippen LogP contribution in [-0.2, 0) is 0 Å². The number of fused-ring (bicyclic) bond motifs is 1. The Balaban J connectivity index is 2.82. The van der Waals surface area contributed by atoms with Crippen LogP contribution in [0, 0.1) is 0 Å². The number of hydrogen-bond donors (Lipinski definition) is 0. The van der Waals surface area contributed by atoms with Crippen LogP contribution in [0.15, 0.2) is 16.7 Å². The molecule has 0 fully saturated rings. The lowest BCUT2D eigenvalue weighted by Crippen LogP contribution is -1.73. The van der Waals surface area contributed by atoms with E-state index in [-0.39, 0.29) is 0 Å². The standard InChI is InChI=1S/C6H2BrClN2S/c7-3-1-4-5(9-2-3)10-6(8)11-4/h1-2H. The molecule has 0 aliphatic heterocycles. The summed E-state index contributed by atoms with van der Waals surface area (Å²) in [6, 6.07) is 1.95. The van der Waals surface area contributed by atoms with Crippen LogP contribution in [0.2, 0.25) is 4.47 Å². The largest absolute Gasteiger partial charge is 0.235 e. The van der Waals surface area contributed by atoms with Crippen molar-refractivity contribution in [1.29, 1.82) is 0 Å². The molecule has 11 heavy (non-hydrogen) atoms. The van der Waals surface area contributed by atoms with Crippen molar-refractivity contribution in [2.45, 2.75) is 0 Å². The van der Waals surface area contributed by atoms with Gasteiger partial charge in [0.15, 0.2) is 10.1 Å². The lowest BCUT2D eigenvalue weighted by molar-refractivity contribution is 1.32. The zero-order valence-electron chi connectivity index (χ0n) is 5.21. The second kappa shape index (κ2) is 2.69. The number of hydrogen-bond acceptors (Lipinski definition) is 3. The van der Waals surface area contributed by atoms with Crippen molar-refractivity contribution in [3.8, 4) is 0 Å². The third-order valence-corrected chi connectivity index (χ3v) is 2.72. The van der Waals surface area contributed by atoms with Crippen LogP contribution in [0.1, 0.15) is 0 Å². The molecule has 56 valence electrons. The Morgan fingerprint density at radius 2 is 2.36 bits per heavy atom. The van der Waals surface area contributed by atoms with Gasteiger partial charge in [0, 0.05) is 10.7 Å². The minimum absolute atomic E-state index is 0.533. The van der Waals surface area contributed by atoms with Gasteiger partial charge in [0.1, 0.15) is 0 Å². The van der Waals surface area contributed by atoms with Crippen LogP contribution < -0.4 is 0 Å². The average Bonchev–Trinajstić information content (AvgIpc) is 2.27. The van der Waals surface area contributed by atoms with E-state index in [0.717, 1.165) is 9.17 Å². The highest BCUT2D eigenvalue weighted by atomic mass is 79.9. The van der Waals surface area contributed by atoms with Crippen molar-refractivity contribution >= 4 is 49.2 Å². The summed E-state index contributed by atoms with van der Waals surface area (Å²) in [7, 11) is 0. The van der Waals surface area contributed by atoms with E-state index >= 15 is 0 Å². The summed E-state index contributed by atoms with van der Waals surface area (Å²) in [5.41, 5.74) is 0.711. The molecular formula is C6H2BrClN2S. The molecule has 0 aliphatic rings. The Morgan fingerprint density at radius 1 is 1.55 bits per heavy atom. The quantitative estimate of drug-likeness (QED) is 0.717. The highest BCUT2D eigenvalue weighted by molar-refractivity contribution is 9.10. The molecule has 0 N–H and O–H groups in total. The molecule has 2 aromatic heterocycles. The first-order valence-electron chi connectivity index (χ1n) is 2.83. The minimum Gasteiger partial charge on any atom is -0.235 e. The van der Waals surface area contributed by atoms with Gasteiger partial charge in [-0.25, -0.2) is 9.97 Å². The molecule has 0 bridgehead atoms. The zero-order chi connectivity index (χ0) is 7.84. The molecule has 0 amide bonds. The summed E-state index contributed by atoms with van der Waals surface area (Å²) in [6.45, 7) is 0. The Kier molecular flexibility index (Phi) is 1.83. The van der Waals surface area contributed by atoms with Crippen molar-refractivity contribution in [2.24, 2.45) is 0 Å². The first kappa shape index (κ1) is 7.46. The molecule has 0 aliphatic carbocycles. The topological polar surface area (TPSA) is 25.8 Å². The van der Waals surface area contributed by atoms with E-state index in [1.165, 1.54) is 11.3 Å². The monoisotopic (exact) mass is 248 g/mol. The molecule has 0 saturated carbocycles. The molecule has 2 aromatic rings. The molecule has 0 saturated heterocycles. The Hall–Kier alpha value is -0.190. The first-order chi connectivity index (χ1) is 5.25. The van der Waals surface area contributed by atoms with E-state index in [0.29, 0.717) is 10.1 Å². The van der Waals surface area contributed by atoms with Crippen LogP contribution in [0.5, 0.6) is 0 Å². The highest BCUT2D eigenvalue weighted by Gasteiger charge is 2.01. The van der Waals surface area contributed by atoms with E-state index in [2.05, 4.69) is 25.9 Å². The Bertz CT molecular complexity index is 400. The minimum atomic E-state index is 0.533. The van der Waals surface area contributed by atoms with Gasteiger partial charge in [0.05, 0.1) is 4.70 Å². The molecule has 2 rings (SSSR count). The lowest BCUT2D eigenvalue weighted by atomic mass is 10.5. The molecule has 2 nitrogen and oxygen atoms in total. The van der Waals surface area contributed by atoms with Crippen molar-refractivity contribution in [3.05, 3.63) is 21.2 Å². The Labute approximate surface area is 80.4 Å². The van der Waals surface area contributed by atoms with Gasteiger partial charge in [-0.2, -0.15) is 0 Å². The fourth-order valence-electron chi connectivity index (χ4n) is 0.769. The summed E-state index contributed by atoms with van der Waals surface area (Å²) < 4.78 is 2.49. The van der Waals surface area contributed by atoms with Gasteiger partial charge in [0.2, 0.25) is 0 Å². The number of pyridine rings is 1. The summed E-state index contributed by atoms with van der Waals surface area (Å²) in [6.07, 6.45) is 1.71. The predicted molar refractivity (Wildman–Crippen MR) is 50.1 cm³/mol. The second-order valence-corrected chi connectivity index (χ2v) is 4.47. The molecule has 0 unspecified atom stereocenters. The SMILES string of the molecule is Clc1nc2ncc(Br)cc2s1. The van der Waals surface area contributed by atoms with Crippen molar-refractivity contribution in [1.82, 2.24) is 9.97 Å². The third kappa shape index (κ3) is 1.38. The second-order valence-electron chi connectivity index (χ2n) is 1.94. The van der Waals surface area contributed by atoms with Crippen LogP contribution in [0.25, 0.3) is 10.3 Å². The number of rotatable bonds is 0. The molecule has 0 spiro atoms. The third-order valence-electron chi connectivity index (χ3n) is 1.19. The maximum Gasteiger partial charge on any atom is 0.186 e. The summed E-state index contributed by atoms with van der Waals surface area (Å²) in [5, 5.41) is 0. The van der Waals surface area contributed by atoms with Gasteiger partial charge >= 0.3 is 0 Å². The van der Waals surface area contributed by atoms with Gasteiger partial charge in [-0.1, -0.05) is 11.6 Å². The van der Waals surface area contributed by atoms with Crippen molar-refractivity contribution in [2.75, 3.05) is 0 Å². The fourth-order valence-corrected chi connectivity index (χ4v) is 2.27. The van der Waals surface area contributed by atoms with Gasteiger partial charge in [0.25, 0.3) is 0 Å². The van der Waals surface area contributed by atoms with Crippen molar-refractivity contribution < 1.29 is 0 Å². The number of thiazole rings is 1. The molecular weight excluding hydrogens is 248 g/mol. The molecule has 0 aromatic carbocycles. The lowest BCUT2D eigenvalue weighted by Gasteiger charge is -1.86. The van der Waals surface area contributed by atoms with E-state index in [9.17, 15) is 0 Å². The zero-order valence-corrected chi connectivity index (χ0v) is 8.37. The Morgan fingerprint density at radius 3 is 3.18 bits per heavy atom. The predicted octanol–water partition coefficient (Wildman–Crippen LogP) is 3.11. The van der Waals surface area contributed by atoms with Crippen molar-refractivity contribution in [3.63, 3.8) is 0 Å². The average molecular weight is 250 g/mol. The van der Waals surface area contributed by atoms with Gasteiger partial charge in [-0.05, 0) is 22.0 Å². The molecule has 2 heterocycles. The van der Waals surface area contributed by atoms with Crippen LogP contribution >= 0.6 is 38.9 Å². The number of aromatic nitrogens is 2. The highest BCUT2D eigenvalue weighted by Crippen LogP contribution is 2.25. The fraction of sp³-hybridized carbons (Fsp3) is 0. The number of halogens is 2. The van der Waals surface area contributed by atoms with E-state index < -0.39 is 0 Å². The van der Waals surface area contributed by atoms with Gasteiger partial charge in [-0.15, -0.1) is 11.3 Å². The van der Waals surface area contributed by atoms with E-state index in [4.69, 9.17) is 11.6 Å². The summed E-state index contributed by atoms with van der Waals surface area (Å²) in [4.78, 5) is 8.08. The van der Waals surface area contributed by atoms with Crippen LogP contribution in [0.4, 0.5) is 0 Å². The van der Waals surface area contributed by atoms with E-state index in [1.807, 2.05) is 6.07 Å². The number of nitrogens with zero attached hydrogens (tertiary/aromatic N) is 2. The normalized spacial score (nSPS) is 10.7. The first-order valence-corrected chi connectivity index (χ1v) is 4.82. The maximum atomic E-state index is 5.69. The summed E-state index contributed by atoms with van der Waals surface area (Å²) >= 11 is 10.4. The van der Waals surface area contributed by atoms with E-state index in [1.54, 1.807) is 6.20 Å². The van der Waals surface area contributed by atoms with Crippen LogP contribution in [-0.4, -0.2) is 9.97 Å². The summed E-state index contributed by atoms with van der Waals surface area (Å²) in [5.74, 6) is 0. The maximum absolute atomic E-state index is 5.69.